The highest BCUT2D eigenvalue weighted by molar-refractivity contribution is 6.44. The molecule has 0 aliphatic rings. The van der Waals surface area contributed by atoms with Crippen molar-refractivity contribution in [2.75, 3.05) is 0 Å². The van der Waals surface area contributed by atoms with Crippen molar-refractivity contribution in [2.24, 2.45) is 0 Å². The number of ketones is 1. The smallest absolute Gasteiger partial charge is 0.179 e. The van der Waals surface area contributed by atoms with Crippen LogP contribution in [0.3, 0.4) is 0 Å². The highest BCUT2D eigenvalue weighted by Gasteiger charge is 1.96. The molecule has 0 rings (SSSR count). The van der Waals surface area contributed by atoms with Crippen molar-refractivity contribution in [3.63, 3.8) is 0 Å². The number of carbonyl (C=O) groups excluding carboxylic acids is 1. The average Bonchev–Trinajstić information content (AvgIpc) is 1.87. The van der Waals surface area contributed by atoms with Crippen molar-refractivity contribution in [1.29, 1.82) is 0 Å². The predicted molar refractivity (Wildman–Crippen MR) is 44.1 cm³/mol. The van der Waals surface area contributed by atoms with E-state index < -0.39 is 0 Å². The van der Waals surface area contributed by atoms with E-state index in [0.717, 1.165) is 12.2 Å². The molecular weight excluding hydrogens is 171 g/mol. The van der Waals surface area contributed by atoms with E-state index in [9.17, 15) is 4.79 Å². The molecule has 3 heteroatoms. The first-order chi connectivity index (χ1) is 4.57. The van der Waals surface area contributed by atoms with Crippen molar-refractivity contribution in [3.05, 3.63) is 35.4 Å². The molecule has 0 atom stereocenters. The van der Waals surface area contributed by atoms with Crippen LogP contribution in [0.15, 0.2) is 35.4 Å². The molecule has 10 heavy (non-hydrogen) atoms. The zero-order chi connectivity index (χ0) is 8.15. The van der Waals surface area contributed by atoms with Crippen LogP contribution in [-0.2, 0) is 4.79 Å². The molecule has 0 aliphatic carbocycles. The average molecular weight is 177 g/mol. The maximum absolute atomic E-state index is 10.5. The van der Waals surface area contributed by atoms with Gasteiger partial charge in [-0.05, 0) is 6.08 Å². The maximum atomic E-state index is 10.5. The molecule has 54 valence electrons. The summed E-state index contributed by atoms with van der Waals surface area (Å²) < 4.78 is 0. The van der Waals surface area contributed by atoms with Crippen LogP contribution in [0.25, 0.3) is 0 Å². The summed E-state index contributed by atoms with van der Waals surface area (Å²) >= 11 is 10.8. The molecule has 0 spiro atoms. The number of allylic oxidation sites excluding steroid dienone is 4. The van der Waals surface area contributed by atoms with Gasteiger partial charge < -0.3 is 0 Å². The van der Waals surface area contributed by atoms with Gasteiger partial charge in [0.05, 0.1) is 10.1 Å². The second-order valence-electron chi connectivity index (χ2n) is 1.50. The highest BCUT2D eigenvalue weighted by atomic mass is 35.5. The SMILES string of the molecule is C=CC(=O)/C=C(\Cl)C(=C)Cl. The van der Waals surface area contributed by atoms with Crippen molar-refractivity contribution in [3.8, 4) is 0 Å². The van der Waals surface area contributed by atoms with Gasteiger partial charge in [-0.1, -0.05) is 36.4 Å². The van der Waals surface area contributed by atoms with Gasteiger partial charge in [-0.15, -0.1) is 0 Å². The van der Waals surface area contributed by atoms with E-state index in [0.29, 0.717) is 0 Å². The Morgan fingerprint density at radius 2 is 1.90 bits per heavy atom. The molecule has 0 aliphatic heterocycles. The van der Waals surface area contributed by atoms with Gasteiger partial charge in [0, 0.05) is 6.08 Å². The van der Waals surface area contributed by atoms with Gasteiger partial charge in [0.25, 0.3) is 0 Å². The lowest BCUT2D eigenvalue weighted by molar-refractivity contribution is -0.110. The van der Waals surface area contributed by atoms with Gasteiger partial charge in [0.2, 0.25) is 0 Å². The molecule has 0 aromatic heterocycles. The Labute approximate surface area is 69.6 Å². The second kappa shape index (κ2) is 4.31. The summed E-state index contributed by atoms with van der Waals surface area (Å²) in [5, 5.41) is 0.295. The Morgan fingerprint density at radius 1 is 1.40 bits per heavy atom. The zero-order valence-electron chi connectivity index (χ0n) is 5.23. The van der Waals surface area contributed by atoms with Crippen molar-refractivity contribution in [1.82, 2.24) is 0 Å². The normalized spacial score (nSPS) is 10.8. The minimum absolute atomic E-state index is 0.145. The topological polar surface area (TPSA) is 17.1 Å². The fourth-order valence-electron chi connectivity index (χ4n) is 0.262. The molecule has 0 radical (unpaired) electrons. The van der Waals surface area contributed by atoms with E-state index in [2.05, 4.69) is 13.2 Å². The Bertz CT molecular complexity index is 204. The van der Waals surface area contributed by atoms with Crippen LogP contribution in [0.2, 0.25) is 0 Å². The molecule has 0 aromatic carbocycles. The molecular formula is C7H6Cl2O. The first kappa shape index (κ1) is 9.47. The van der Waals surface area contributed by atoms with E-state index in [1.807, 2.05) is 0 Å². The minimum atomic E-state index is -0.285. The minimum Gasteiger partial charge on any atom is -0.290 e. The molecule has 0 heterocycles. The van der Waals surface area contributed by atoms with Gasteiger partial charge in [-0.3, -0.25) is 4.79 Å². The van der Waals surface area contributed by atoms with Crippen molar-refractivity contribution >= 4 is 29.0 Å². The van der Waals surface area contributed by atoms with Crippen LogP contribution in [0, 0.1) is 0 Å². The Balaban J connectivity index is 4.30. The van der Waals surface area contributed by atoms with Gasteiger partial charge in [0.15, 0.2) is 5.78 Å². The molecule has 0 unspecified atom stereocenters. The molecule has 1 nitrogen and oxygen atoms in total. The molecule has 0 N–H and O–H groups in total. The lowest BCUT2D eigenvalue weighted by Crippen LogP contribution is -1.84. The van der Waals surface area contributed by atoms with E-state index in [-0.39, 0.29) is 15.8 Å². The number of hydrogen-bond acceptors (Lipinski definition) is 1. The first-order valence-electron chi connectivity index (χ1n) is 2.46. The van der Waals surface area contributed by atoms with E-state index in [4.69, 9.17) is 23.2 Å². The molecule has 0 bridgehead atoms. The number of halogens is 2. The summed E-state index contributed by atoms with van der Waals surface area (Å²) in [7, 11) is 0. The van der Waals surface area contributed by atoms with Crippen LogP contribution in [0.1, 0.15) is 0 Å². The van der Waals surface area contributed by atoms with Crippen LogP contribution >= 0.6 is 23.2 Å². The summed E-state index contributed by atoms with van der Waals surface area (Å²) in [4.78, 5) is 10.5. The number of hydrogen-bond donors (Lipinski definition) is 0. The van der Waals surface area contributed by atoms with Crippen molar-refractivity contribution in [2.45, 2.75) is 0 Å². The third-order valence-electron chi connectivity index (χ3n) is 0.729. The Morgan fingerprint density at radius 3 is 2.20 bits per heavy atom. The van der Waals surface area contributed by atoms with Crippen LogP contribution in [0.5, 0.6) is 0 Å². The quantitative estimate of drug-likeness (QED) is 0.478. The Hall–Kier alpha value is -0.530. The molecule has 0 fully saturated rings. The van der Waals surface area contributed by atoms with Gasteiger partial charge in [-0.25, -0.2) is 0 Å². The Kier molecular flexibility index (Phi) is 4.08. The third-order valence-corrected chi connectivity index (χ3v) is 1.37. The standard InChI is InChI=1S/C7H6Cl2O/c1-3-6(10)4-7(9)5(2)8/h3-4H,1-2H2/b7-4-. The molecule has 0 saturated heterocycles. The van der Waals surface area contributed by atoms with E-state index >= 15 is 0 Å². The summed E-state index contributed by atoms with van der Waals surface area (Å²) in [6, 6.07) is 0. The zero-order valence-corrected chi connectivity index (χ0v) is 6.74. The lowest BCUT2D eigenvalue weighted by atomic mass is 10.3. The van der Waals surface area contributed by atoms with E-state index in [1.54, 1.807) is 0 Å². The van der Waals surface area contributed by atoms with Crippen LogP contribution in [0.4, 0.5) is 0 Å². The monoisotopic (exact) mass is 176 g/mol. The maximum Gasteiger partial charge on any atom is 0.179 e. The predicted octanol–water partition coefficient (Wildman–Crippen LogP) is 2.62. The van der Waals surface area contributed by atoms with Gasteiger partial charge >= 0.3 is 0 Å². The fourth-order valence-corrected chi connectivity index (χ4v) is 0.424. The molecule has 0 saturated carbocycles. The molecule has 0 aromatic rings. The van der Waals surface area contributed by atoms with Crippen LogP contribution < -0.4 is 0 Å². The first-order valence-corrected chi connectivity index (χ1v) is 3.22. The summed E-state index contributed by atoms with van der Waals surface area (Å²) in [6.45, 7) is 6.57. The van der Waals surface area contributed by atoms with Gasteiger partial charge in [0.1, 0.15) is 0 Å². The fraction of sp³-hybridized carbons (Fsp3) is 0. The van der Waals surface area contributed by atoms with Crippen molar-refractivity contribution < 1.29 is 4.79 Å². The van der Waals surface area contributed by atoms with Gasteiger partial charge in [-0.2, -0.15) is 0 Å². The third kappa shape index (κ3) is 3.49. The number of carbonyl (C=O) groups is 1. The largest absolute Gasteiger partial charge is 0.290 e. The lowest BCUT2D eigenvalue weighted by Gasteiger charge is -1.89. The molecule has 0 amide bonds. The highest BCUT2D eigenvalue weighted by Crippen LogP contribution is 2.15. The summed E-state index contributed by atoms with van der Waals surface area (Å²) in [5.41, 5.74) is 0. The summed E-state index contributed by atoms with van der Waals surface area (Å²) in [5.74, 6) is -0.285. The summed E-state index contributed by atoms with van der Waals surface area (Å²) in [6.07, 6.45) is 2.30. The second-order valence-corrected chi connectivity index (χ2v) is 2.37. The van der Waals surface area contributed by atoms with E-state index in [1.165, 1.54) is 0 Å². The van der Waals surface area contributed by atoms with Crippen LogP contribution in [-0.4, -0.2) is 5.78 Å². The number of rotatable bonds is 3.